The number of aromatic nitrogens is 1. The Balaban J connectivity index is 1.53. The van der Waals surface area contributed by atoms with Crippen molar-refractivity contribution in [1.29, 1.82) is 0 Å². The third-order valence-electron chi connectivity index (χ3n) is 4.85. The van der Waals surface area contributed by atoms with E-state index in [0.29, 0.717) is 25.6 Å². The molecule has 2 amide bonds. The fourth-order valence-corrected chi connectivity index (χ4v) is 3.35. The van der Waals surface area contributed by atoms with Gasteiger partial charge in [0.25, 0.3) is 0 Å². The third-order valence-corrected chi connectivity index (χ3v) is 4.85. The van der Waals surface area contributed by atoms with E-state index in [1.165, 1.54) is 16.6 Å². The molecular formula is C20H27N3O2. The molecule has 1 aliphatic heterocycles. The van der Waals surface area contributed by atoms with Crippen molar-refractivity contribution < 1.29 is 9.59 Å². The summed E-state index contributed by atoms with van der Waals surface area (Å²) < 4.78 is 0. The summed E-state index contributed by atoms with van der Waals surface area (Å²) in [6.07, 6.45) is 2.37. The number of aromatic amines is 1. The second kappa shape index (κ2) is 7.72. The molecule has 0 radical (unpaired) electrons. The fourth-order valence-electron chi connectivity index (χ4n) is 3.35. The number of para-hydroxylation sites is 1. The summed E-state index contributed by atoms with van der Waals surface area (Å²) in [5, 5.41) is 4.09. The summed E-state index contributed by atoms with van der Waals surface area (Å²) in [6.45, 7) is 6.30. The minimum absolute atomic E-state index is 0.0289. The van der Waals surface area contributed by atoms with Gasteiger partial charge in [0.1, 0.15) is 0 Å². The van der Waals surface area contributed by atoms with Gasteiger partial charge in [-0.25, -0.2) is 0 Å². The number of nitrogens with one attached hydrogen (secondary N) is 2. The van der Waals surface area contributed by atoms with Crippen LogP contribution < -0.4 is 5.32 Å². The molecule has 2 heterocycles. The molecule has 3 rings (SSSR count). The predicted molar refractivity (Wildman–Crippen MR) is 99.1 cm³/mol. The lowest BCUT2D eigenvalue weighted by Gasteiger charge is -2.27. The van der Waals surface area contributed by atoms with Crippen molar-refractivity contribution in [2.24, 2.45) is 5.92 Å². The Morgan fingerprint density at radius 1 is 1.24 bits per heavy atom. The quantitative estimate of drug-likeness (QED) is 0.848. The normalized spacial score (nSPS) is 14.0. The van der Waals surface area contributed by atoms with E-state index in [1.54, 1.807) is 0 Å². The third kappa shape index (κ3) is 4.21. The monoisotopic (exact) mass is 341 g/mol. The van der Waals surface area contributed by atoms with Crippen LogP contribution in [0.4, 0.5) is 0 Å². The second-order valence-corrected chi connectivity index (χ2v) is 7.23. The molecule has 1 aliphatic rings. The SMILES string of the molecule is CC(C)CCNC(=O)CCC(=O)N1CCc2[nH]c3ccccc3c2C1. The first-order valence-electron chi connectivity index (χ1n) is 9.17. The van der Waals surface area contributed by atoms with Gasteiger partial charge in [0.15, 0.2) is 0 Å². The molecule has 5 heteroatoms. The molecule has 0 aliphatic carbocycles. The summed E-state index contributed by atoms with van der Waals surface area (Å²) in [5.74, 6) is 0.606. The van der Waals surface area contributed by atoms with Crippen molar-refractivity contribution in [3.63, 3.8) is 0 Å². The number of carbonyl (C=O) groups excluding carboxylic acids is 2. The van der Waals surface area contributed by atoms with Crippen molar-refractivity contribution >= 4 is 22.7 Å². The molecular weight excluding hydrogens is 314 g/mol. The Morgan fingerprint density at radius 2 is 2.04 bits per heavy atom. The van der Waals surface area contributed by atoms with Crippen molar-refractivity contribution in [2.45, 2.75) is 46.1 Å². The molecule has 2 aromatic rings. The zero-order valence-electron chi connectivity index (χ0n) is 15.1. The number of nitrogens with zero attached hydrogens (tertiary/aromatic N) is 1. The fraction of sp³-hybridized carbons (Fsp3) is 0.500. The maximum absolute atomic E-state index is 12.5. The number of hydrogen-bond acceptors (Lipinski definition) is 2. The molecule has 2 N–H and O–H groups in total. The molecule has 25 heavy (non-hydrogen) atoms. The highest BCUT2D eigenvalue weighted by molar-refractivity contribution is 5.87. The number of H-pyrrole nitrogens is 1. The second-order valence-electron chi connectivity index (χ2n) is 7.23. The average Bonchev–Trinajstić information content (AvgIpc) is 2.97. The van der Waals surface area contributed by atoms with Crippen molar-refractivity contribution in [1.82, 2.24) is 15.2 Å². The first kappa shape index (κ1) is 17.5. The number of rotatable bonds is 6. The Kier molecular flexibility index (Phi) is 5.41. The molecule has 0 saturated carbocycles. The summed E-state index contributed by atoms with van der Waals surface area (Å²) in [4.78, 5) is 29.7. The molecule has 5 nitrogen and oxygen atoms in total. The topological polar surface area (TPSA) is 65.2 Å². The molecule has 1 aromatic carbocycles. The van der Waals surface area contributed by atoms with Gasteiger partial charge in [-0.1, -0.05) is 32.0 Å². The van der Waals surface area contributed by atoms with Gasteiger partial charge < -0.3 is 15.2 Å². The maximum Gasteiger partial charge on any atom is 0.223 e. The Morgan fingerprint density at radius 3 is 2.84 bits per heavy atom. The van der Waals surface area contributed by atoms with Crippen molar-refractivity contribution in [3.05, 3.63) is 35.5 Å². The highest BCUT2D eigenvalue weighted by Gasteiger charge is 2.24. The number of fused-ring (bicyclic) bond motifs is 3. The lowest BCUT2D eigenvalue weighted by Crippen LogP contribution is -2.36. The van der Waals surface area contributed by atoms with Crippen LogP contribution >= 0.6 is 0 Å². The number of benzene rings is 1. The largest absolute Gasteiger partial charge is 0.358 e. The Hall–Kier alpha value is -2.30. The standard InChI is InChI=1S/C20H27N3O2/c1-14(2)9-11-21-19(24)7-8-20(25)23-12-10-18-16(13-23)15-5-3-4-6-17(15)22-18/h3-6,14,22H,7-13H2,1-2H3,(H,21,24). The van der Waals surface area contributed by atoms with E-state index in [-0.39, 0.29) is 24.7 Å². The molecule has 0 spiro atoms. The van der Waals surface area contributed by atoms with E-state index in [4.69, 9.17) is 0 Å². The summed E-state index contributed by atoms with van der Waals surface area (Å²) >= 11 is 0. The number of amides is 2. The molecule has 0 unspecified atom stereocenters. The summed E-state index contributed by atoms with van der Waals surface area (Å²) in [5.41, 5.74) is 3.58. The van der Waals surface area contributed by atoms with E-state index in [1.807, 2.05) is 17.0 Å². The maximum atomic E-state index is 12.5. The van der Waals surface area contributed by atoms with Crippen LogP contribution in [0.5, 0.6) is 0 Å². The van der Waals surface area contributed by atoms with E-state index in [0.717, 1.165) is 18.4 Å². The first-order chi connectivity index (χ1) is 12.0. The van der Waals surface area contributed by atoms with Crippen LogP contribution in [0.2, 0.25) is 0 Å². The molecule has 134 valence electrons. The van der Waals surface area contributed by atoms with Gasteiger partial charge >= 0.3 is 0 Å². The number of carbonyl (C=O) groups is 2. The summed E-state index contributed by atoms with van der Waals surface area (Å²) in [6, 6.07) is 8.21. The van der Waals surface area contributed by atoms with Crippen LogP contribution in [0.15, 0.2) is 24.3 Å². The van der Waals surface area contributed by atoms with Gasteiger partial charge in [-0.15, -0.1) is 0 Å². The first-order valence-corrected chi connectivity index (χ1v) is 9.17. The van der Waals surface area contributed by atoms with Crippen LogP contribution in [0.1, 0.15) is 44.4 Å². The lowest BCUT2D eigenvalue weighted by molar-refractivity contribution is -0.134. The van der Waals surface area contributed by atoms with Gasteiger partial charge in [0.05, 0.1) is 0 Å². The minimum Gasteiger partial charge on any atom is -0.358 e. The average molecular weight is 341 g/mol. The van der Waals surface area contributed by atoms with Crippen LogP contribution in [0, 0.1) is 5.92 Å². The highest BCUT2D eigenvalue weighted by Crippen LogP contribution is 2.27. The molecule has 0 fully saturated rings. The Labute approximate surface area is 148 Å². The Bertz CT molecular complexity index is 763. The van der Waals surface area contributed by atoms with Crippen LogP contribution in [-0.4, -0.2) is 34.8 Å². The van der Waals surface area contributed by atoms with Crippen molar-refractivity contribution in [3.8, 4) is 0 Å². The molecule has 1 aromatic heterocycles. The molecule has 0 bridgehead atoms. The molecule has 0 saturated heterocycles. The zero-order chi connectivity index (χ0) is 17.8. The van der Waals surface area contributed by atoms with E-state index < -0.39 is 0 Å². The molecule has 0 atom stereocenters. The van der Waals surface area contributed by atoms with Gasteiger partial charge in [0.2, 0.25) is 11.8 Å². The van der Waals surface area contributed by atoms with Gasteiger partial charge in [-0.2, -0.15) is 0 Å². The van der Waals surface area contributed by atoms with Crippen LogP contribution in [0.25, 0.3) is 10.9 Å². The minimum atomic E-state index is -0.0289. The van der Waals surface area contributed by atoms with E-state index in [9.17, 15) is 9.59 Å². The van der Waals surface area contributed by atoms with Crippen molar-refractivity contribution in [2.75, 3.05) is 13.1 Å². The van der Waals surface area contributed by atoms with Crippen LogP contribution in [-0.2, 0) is 22.6 Å². The van der Waals surface area contributed by atoms with Gasteiger partial charge in [0, 0.05) is 61.1 Å². The smallest absolute Gasteiger partial charge is 0.223 e. The van der Waals surface area contributed by atoms with Gasteiger partial charge in [-0.3, -0.25) is 9.59 Å². The highest BCUT2D eigenvalue weighted by atomic mass is 16.2. The zero-order valence-corrected chi connectivity index (χ0v) is 15.1. The van der Waals surface area contributed by atoms with Crippen LogP contribution in [0.3, 0.4) is 0 Å². The lowest BCUT2D eigenvalue weighted by atomic mass is 10.0. The van der Waals surface area contributed by atoms with E-state index in [2.05, 4.69) is 36.3 Å². The van der Waals surface area contributed by atoms with Gasteiger partial charge in [-0.05, 0) is 18.4 Å². The predicted octanol–water partition coefficient (Wildman–Crippen LogP) is 3.00. The summed E-state index contributed by atoms with van der Waals surface area (Å²) in [7, 11) is 0. The van der Waals surface area contributed by atoms with E-state index >= 15 is 0 Å². The number of hydrogen-bond donors (Lipinski definition) is 2.